The first-order chi connectivity index (χ1) is 9.15. The van der Waals surface area contributed by atoms with Crippen molar-refractivity contribution in [1.82, 2.24) is 4.72 Å². The van der Waals surface area contributed by atoms with E-state index in [-0.39, 0.29) is 18.8 Å². The van der Waals surface area contributed by atoms with Gasteiger partial charge in [-0.2, -0.15) is 0 Å². The largest absolute Gasteiger partial charge is 0.269 e. The molecule has 0 aliphatic rings. The molecule has 0 aromatic heterocycles. The zero-order valence-electron chi connectivity index (χ0n) is 11.2. The van der Waals surface area contributed by atoms with Gasteiger partial charge < -0.3 is 0 Å². The van der Waals surface area contributed by atoms with Crippen molar-refractivity contribution in [3.63, 3.8) is 0 Å². The van der Waals surface area contributed by atoms with Gasteiger partial charge in [0.05, 0.1) is 17.7 Å². The van der Waals surface area contributed by atoms with E-state index in [1.165, 1.54) is 6.92 Å². The Morgan fingerprint density at radius 2 is 1.70 bits per heavy atom. The van der Waals surface area contributed by atoms with Crippen molar-refractivity contribution in [3.8, 4) is 0 Å². The van der Waals surface area contributed by atoms with Gasteiger partial charge in [0.25, 0.3) is 0 Å². The Balaban J connectivity index is 2.85. The molecule has 1 aromatic carbocycles. The maximum absolute atomic E-state index is 11.8. The molecule has 0 amide bonds. The Labute approximate surface area is 124 Å². The molecule has 0 saturated carbocycles. The number of benzene rings is 1. The van der Waals surface area contributed by atoms with Crippen LogP contribution in [-0.2, 0) is 20.0 Å². The maximum atomic E-state index is 11.8. The SMILES string of the molecule is CCS(=O)(=O)NCCN(c1ccc(Cl)cc1)S(C)(=O)=O. The normalized spacial score (nSPS) is 12.3. The van der Waals surface area contributed by atoms with E-state index in [4.69, 9.17) is 11.6 Å². The van der Waals surface area contributed by atoms with E-state index in [0.717, 1.165) is 10.6 Å². The molecule has 114 valence electrons. The Morgan fingerprint density at radius 1 is 1.15 bits per heavy atom. The Kier molecular flexibility index (Phi) is 5.81. The summed E-state index contributed by atoms with van der Waals surface area (Å²) in [4.78, 5) is 0. The third-order valence-electron chi connectivity index (χ3n) is 2.53. The summed E-state index contributed by atoms with van der Waals surface area (Å²) in [6.07, 6.45) is 1.07. The van der Waals surface area contributed by atoms with Crippen LogP contribution in [0.5, 0.6) is 0 Å². The molecule has 1 aromatic rings. The third kappa shape index (κ3) is 5.28. The highest BCUT2D eigenvalue weighted by atomic mass is 35.5. The summed E-state index contributed by atoms with van der Waals surface area (Å²) in [5.74, 6) is -0.0488. The molecule has 9 heteroatoms. The first kappa shape index (κ1) is 17.2. The molecular weight excluding hydrogens is 324 g/mol. The summed E-state index contributed by atoms with van der Waals surface area (Å²) in [7, 11) is -6.84. The molecule has 0 heterocycles. The molecule has 0 aliphatic heterocycles. The topological polar surface area (TPSA) is 83.6 Å². The van der Waals surface area contributed by atoms with Crippen LogP contribution in [0.2, 0.25) is 5.02 Å². The van der Waals surface area contributed by atoms with Crippen LogP contribution in [0.4, 0.5) is 5.69 Å². The highest BCUT2D eigenvalue weighted by Crippen LogP contribution is 2.19. The van der Waals surface area contributed by atoms with Crippen molar-refractivity contribution < 1.29 is 16.8 Å². The van der Waals surface area contributed by atoms with Gasteiger partial charge >= 0.3 is 0 Å². The standard InChI is InChI=1S/C11H17ClN2O4S2/c1-3-20(17,18)13-8-9-14(19(2,15)16)11-6-4-10(12)5-7-11/h4-7,13H,3,8-9H2,1-2H3. The van der Waals surface area contributed by atoms with Crippen LogP contribution in [0.3, 0.4) is 0 Å². The number of rotatable bonds is 7. The maximum Gasteiger partial charge on any atom is 0.232 e. The van der Waals surface area contributed by atoms with Gasteiger partial charge in [0.15, 0.2) is 0 Å². The number of nitrogens with zero attached hydrogens (tertiary/aromatic N) is 1. The highest BCUT2D eigenvalue weighted by Gasteiger charge is 2.17. The quantitative estimate of drug-likeness (QED) is 0.804. The van der Waals surface area contributed by atoms with Crippen LogP contribution in [0.25, 0.3) is 0 Å². The van der Waals surface area contributed by atoms with E-state index in [1.54, 1.807) is 24.3 Å². The number of hydrogen-bond donors (Lipinski definition) is 1. The molecule has 1 rings (SSSR count). The molecule has 1 N–H and O–H groups in total. The van der Waals surface area contributed by atoms with Crippen molar-refractivity contribution in [3.05, 3.63) is 29.3 Å². The number of hydrogen-bond acceptors (Lipinski definition) is 4. The van der Waals surface area contributed by atoms with Crippen LogP contribution < -0.4 is 9.03 Å². The van der Waals surface area contributed by atoms with E-state index in [1.807, 2.05) is 0 Å². The van der Waals surface area contributed by atoms with Crippen LogP contribution in [0.1, 0.15) is 6.92 Å². The molecular formula is C11H17ClN2O4S2. The van der Waals surface area contributed by atoms with Crippen molar-refractivity contribution in [1.29, 1.82) is 0 Å². The first-order valence-corrected chi connectivity index (χ1v) is 9.74. The number of halogens is 1. The van der Waals surface area contributed by atoms with Gasteiger partial charge in [-0.25, -0.2) is 21.6 Å². The van der Waals surface area contributed by atoms with Gasteiger partial charge in [0, 0.05) is 18.1 Å². The zero-order chi connectivity index (χ0) is 15.4. The fourth-order valence-electron chi connectivity index (χ4n) is 1.50. The Morgan fingerprint density at radius 3 is 2.15 bits per heavy atom. The minimum atomic E-state index is -3.50. The summed E-state index contributed by atoms with van der Waals surface area (Å²) in [5, 5.41) is 0.494. The van der Waals surface area contributed by atoms with E-state index in [0.29, 0.717) is 10.7 Å². The molecule has 0 radical (unpaired) electrons. The lowest BCUT2D eigenvalue weighted by molar-refractivity contribution is 0.579. The monoisotopic (exact) mass is 340 g/mol. The van der Waals surface area contributed by atoms with E-state index in [2.05, 4.69) is 4.72 Å². The van der Waals surface area contributed by atoms with Crippen LogP contribution in [0, 0.1) is 0 Å². The van der Waals surface area contributed by atoms with Crippen molar-refractivity contribution in [2.24, 2.45) is 0 Å². The first-order valence-electron chi connectivity index (χ1n) is 5.86. The summed E-state index contributed by atoms with van der Waals surface area (Å²) < 4.78 is 49.6. The predicted molar refractivity (Wildman–Crippen MR) is 81.1 cm³/mol. The summed E-state index contributed by atoms with van der Waals surface area (Å²) in [6.45, 7) is 1.53. The fourth-order valence-corrected chi connectivity index (χ4v) is 3.16. The molecule has 0 spiro atoms. The van der Waals surface area contributed by atoms with Gasteiger partial charge in [-0.15, -0.1) is 0 Å². The van der Waals surface area contributed by atoms with Crippen LogP contribution >= 0.6 is 11.6 Å². The van der Waals surface area contributed by atoms with Gasteiger partial charge in [-0.1, -0.05) is 11.6 Å². The molecule has 0 fully saturated rings. The van der Waals surface area contributed by atoms with E-state index in [9.17, 15) is 16.8 Å². The number of nitrogens with one attached hydrogen (secondary N) is 1. The van der Waals surface area contributed by atoms with Crippen molar-refractivity contribution in [2.45, 2.75) is 6.92 Å². The minimum absolute atomic E-state index is 0.00582. The van der Waals surface area contributed by atoms with Gasteiger partial charge in [0.2, 0.25) is 20.0 Å². The second-order valence-electron chi connectivity index (χ2n) is 4.11. The summed E-state index contributed by atoms with van der Waals surface area (Å²) in [6, 6.07) is 6.28. The second-order valence-corrected chi connectivity index (χ2v) is 8.55. The van der Waals surface area contributed by atoms with Gasteiger partial charge in [-0.05, 0) is 31.2 Å². The molecule has 0 atom stereocenters. The predicted octanol–water partition coefficient (Wildman–Crippen LogP) is 1.05. The third-order valence-corrected chi connectivity index (χ3v) is 5.38. The lowest BCUT2D eigenvalue weighted by Gasteiger charge is -2.22. The van der Waals surface area contributed by atoms with Crippen molar-refractivity contribution in [2.75, 3.05) is 29.4 Å². The second kappa shape index (κ2) is 6.75. The lowest BCUT2D eigenvalue weighted by Crippen LogP contribution is -2.38. The fraction of sp³-hybridized carbons (Fsp3) is 0.455. The average Bonchev–Trinajstić information content (AvgIpc) is 2.35. The lowest BCUT2D eigenvalue weighted by atomic mass is 10.3. The summed E-state index contributed by atoms with van der Waals surface area (Å²) in [5.41, 5.74) is 0.438. The average molecular weight is 341 g/mol. The molecule has 20 heavy (non-hydrogen) atoms. The highest BCUT2D eigenvalue weighted by molar-refractivity contribution is 7.92. The molecule has 0 aliphatic carbocycles. The Hall–Kier alpha value is -0.830. The van der Waals surface area contributed by atoms with Gasteiger partial charge in [0.1, 0.15) is 0 Å². The smallest absolute Gasteiger partial charge is 0.232 e. The number of sulfonamides is 2. The molecule has 0 unspecified atom stereocenters. The van der Waals surface area contributed by atoms with Crippen molar-refractivity contribution >= 4 is 37.3 Å². The summed E-state index contributed by atoms with van der Waals surface area (Å²) >= 11 is 5.75. The molecule has 6 nitrogen and oxygen atoms in total. The number of anilines is 1. The molecule has 0 bridgehead atoms. The van der Waals surface area contributed by atoms with E-state index >= 15 is 0 Å². The zero-order valence-corrected chi connectivity index (χ0v) is 13.6. The van der Waals surface area contributed by atoms with Gasteiger partial charge in [-0.3, -0.25) is 4.31 Å². The Bertz CT molecular complexity index is 642. The minimum Gasteiger partial charge on any atom is -0.269 e. The molecule has 0 saturated heterocycles. The van der Waals surface area contributed by atoms with E-state index < -0.39 is 20.0 Å². The van der Waals surface area contributed by atoms with Crippen LogP contribution in [0.15, 0.2) is 24.3 Å². The van der Waals surface area contributed by atoms with Crippen LogP contribution in [-0.4, -0.2) is 41.9 Å².